The highest BCUT2D eigenvalue weighted by Gasteiger charge is 2.28. The predicted octanol–water partition coefficient (Wildman–Crippen LogP) is 2.91. The van der Waals surface area contributed by atoms with Crippen molar-refractivity contribution in [3.05, 3.63) is 28.8 Å². The maximum absolute atomic E-state index is 6.17. The fourth-order valence-corrected chi connectivity index (χ4v) is 2.75. The second kappa shape index (κ2) is 4.46. The van der Waals surface area contributed by atoms with E-state index in [2.05, 4.69) is 26.0 Å². The van der Waals surface area contributed by atoms with Crippen LogP contribution in [0.15, 0.2) is 12.1 Å². The van der Waals surface area contributed by atoms with Crippen molar-refractivity contribution < 1.29 is 4.74 Å². The van der Waals surface area contributed by atoms with E-state index in [9.17, 15) is 0 Å². The molecule has 2 atom stereocenters. The molecule has 2 N–H and O–H groups in total. The molecule has 0 saturated heterocycles. The van der Waals surface area contributed by atoms with E-state index in [1.54, 1.807) is 7.11 Å². The Balaban J connectivity index is 2.44. The van der Waals surface area contributed by atoms with Crippen LogP contribution in [0, 0.1) is 13.8 Å². The van der Waals surface area contributed by atoms with E-state index >= 15 is 0 Å². The van der Waals surface area contributed by atoms with Gasteiger partial charge in [0.25, 0.3) is 0 Å². The van der Waals surface area contributed by atoms with Crippen molar-refractivity contribution in [1.29, 1.82) is 0 Å². The third kappa shape index (κ3) is 1.82. The molecule has 0 spiro atoms. The van der Waals surface area contributed by atoms with E-state index in [-0.39, 0.29) is 0 Å². The number of aryl methyl sites for hydroxylation is 1. The lowest BCUT2D eigenvalue weighted by atomic mass is 9.91. The van der Waals surface area contributed by atoms with Gasteiger partial charge in [0, 0.05) is 12.0 Å². The van der Waals surface area contributed by atoms with Gasteiger partial charge in [0.15, 0.2) is 0 Å². The molecule has 1 aliphatic rings. The molecule has 0 aromatic heterocycles. The van der Waals surface area contributed by atoms with E-state index in [4.69, 9.17) is 10.5 Å². The fourth-order valence-electron chi connectivity index (χ4n) is 2.75. The summed E-state index contributed by atoms with van der Waals surface area (Å²) in [4.78, 5) is 0. The van der Waals surface area contributed by atoms with Crippen LogP contribution in [0.4, 0.5) is 0 Å². The zero-order valence-electron chi connectivity index (χ0n) is 10.4. The molecule has 1 aromatic carbocycles. The van der Waals surface area contributed by atoms with Crippen LogP contribution in [0.1, 0.15) is 41.9 Å². The van der Waals surface area contributed by atoms with E-state index in [1.807, 2.05) is 0 Å². The summed E-state index contributed by atoms with van der Waals surface area (Å²) >= 11 is 0. The minimum atomic E-state index is 0.302. The zero-order chi connectivity index (χ0) is 11.7. The largest absolute Gasteiger partial charge is 0.496 e. The summed E-state index contributed by atoms with van der Waals surface area (Å²) in [5.41, 5.74) is 10.0. The summed E-state index contributed by atoms with van der Waals surface area (Å²) in [6.07, 6.45) is 3.57. The first-order chi connectivity index (χ1) is 7.65. The first-order valence-corrected chi connectivity index (χ1v) is 6.04. The quantitative estimate of drug-likeness (QED) is 0.830. The zero-order valence-corrected chi connectivity index (χ0v) is 10.4. The molecule has 2 heteroatoms. The summed E-state index contributed by atoms with van der Waals surface area (Å²) in [6, 6.07) is 4.67. The molecule has 1 aromatic rings. The van der Waals surface area contributed by atoms with Crippen molar-refractivity contribution in [2.24, 2.45) is 5.73 Å². The van der Waals surface area contributed by atoms with Crippen LogP contribution in [-0.4, -0.2) is 13.2 Å². The van der Waals surface area contributed by atoms with Gasteiger partial charge in [0.2, 0.25) is 0 Å². The van der Waals surface area contributed by atoms with Gasteiger partial charge in [-0.25, -0.2) is 0 Å². The maximum Gasteiger partial charge on any atom is 0.125 e. The first-order valence-electron chi connectivity index (χ1n) is 6.04. The van der Waals surface area contributed by atoms with Crippen molar-refractivity contribution in [2.75, 3.05) is 7.11 Å². The number of benzene rings is 1. The summed E-state index contributed by atoms with van der Waals surface area (Å²) in [5.74, 6) is 1.52. The molecular formula is C14H21NO. The Hall–Kier alpha value is -1.02. The molecule has 2 nitrogen and oxygen atoms in total. The normalized spacial score (nSPS) is 24.8. The number of hydrogen-bond acceptors (Lipinski definition) is 2. The number of methoxy groups -OCH3 is 1. The number of hydrogen-bond donors (Lipinski definition) is 1. The van der Waals surface area contributed by atoms with Gasteiger partial charge >= 0.3 is 0 Å². The molecule has 0 radical (unpaired) electrons. The molecule has 1 saturated carbocycles. The predicted molar refractivity (Wildman–Crippen MR) is 67.0 cm³/mol. The van der Waals surface area contributed by atoms with E-state index in [1.165, 1.54) is 29.5 Å². The molecule has 0 amide bonds. The second-order valence-corrected chi connectivity index (χ2v) is 4.83. The van der Waals surface area contributed by atoms with Gasteiger partial charge < -0.3 is 10.5 Å². The van der Waals surface area contributed by atoms with Gasteiger partial charge in [-0.05, 0) is 43.4 Å². The topological polar surface area (TPSA) is 35.2 Å². The van der Waals surface area contributed by atoms with Gasteiger partial charge in [-0.3, -0.25) is 0 Å². The minimum Gasteiger partial charge on any atom is -0.496 e. The van der Waals surface area contributed by atoms with Crippen molar-refractivity contribution in [1.82, 2.24) is 0 Å². The lowest BCUT2D eigenvalue weighted by Gasteiger charge is -2.21. The molecule has 2 unspecified atom stereocenters. The number of rotatable bonds is 2. The van der Waals surface area contributed by atoms with Crippen LogP contribution in [0.25, 0.3) is 0 Å². The Morgan fingerprint density at radius 3 is 2.56 bits per heavy atom. The highest BCUT2D eigenvalue weighted by atomic mass is 16.5. The van der Waals surface area contributed by atoms with E-state index in [0.29, 0.717) is 12.0 Å². The van der Waals surface area contributed by atoms with Gasteiger partial charge in [0.05, 0.1) is 7.11 Å². The fraction of sp³-hybridized carbons (Fsp3) is 0.571. The SMILES string of the molecule is COc1c(C2CCCC2N)ccc(C)c1C. The Morgan fingerprint density at radius 1 is 1.25 bits per heavy atom. The van der Waals surface area contributed by atoms with Crippen LogP contribution in [0.3, 0.4) is 0 Å². The molecule has 2 rings (SSSR count). The molecular weight excluding hydrogens is 198 g/mol. The Labute approximate surface area is 97.8 Å². The molecule has 88 valence electrons. The number of ether oxygens (including phenoxy) is 1. The molecule has 0 heterocycles. The maximum atomic E-state index is 6.17. The minimum absolute atomic E-state index is 0.302. The Kier molecular flexibility index (Phi) is 3.20. The highest BCUT2D eigenvalue weighted by molar-refractivity contribution is 5.47. The molecule has 0 aliphatic heterocycles. The lowest BCUT2D eigenvalue weighted by Crippen LogP contribution is -2.23. The third-order valence-electron chi connectivity index (χ3n) is 3.88. The van der Waals surface area contributed by atoms with Crippen LogP contribution in [-0.2, 0) is 0 Å². The van der Waals surface area contributed by atoms with Crippen molar-refractivity contribution in [3.8, 4) is 5.75 Å². The van der Waals surface area contributed by atoms with Crippen molar-refractivity contribution in [3.63, 3.8) is 0 Å². The summed E-state index contributed by atoms with van der Waals surface area (Å²) in [6.45, 7) is 4.24. The van der Waals surface area contributed by atoms with E-state index < -0.39 is 0 Å². The average molecular weight is 219 g/mol. The monoisotopic (exact) mass is 219 g/mol. The molecule has 16 heavy (non-hydrogen) atoms. The van der Waals surface area contributed by atoms with Crippen molar-refractivity contribution >= 4 is 0 Å². The lowest BCUT2D eigenvalue weighted by molar-refractivity contribution is 0.399. The molecule has 0 bridgehead atoms. The highest BCUT2D eigenvalue weighted by Crippen LogP contribution is 2.40. The first kappa shape index (κ1) is 11.5. The standard InChI is InChI=1S/C14H21NO/c1-9-7-8-12(14(16-3)10(9)2)11-5-4-6-13(11)15/h7-8,11,13H,4-6,15H2,1-3H3. The van der Waals surface area contributed by atoms with Crippen LogP contribution >= 0.6 is 0 Å². The Bertz CT molecular complexity index is 387. The molecule has 1 fully saturated rings. The van der Waals surface area contributed by atoms with Crippen LogP contribution < -0.4 is 10.5 Å². The van der Waals surface area contributed by atoms with E-state index in [0.717, 1.165) is 12.2 Å². The second-order valence-electron chi connectivity index (χ2n) is 4.83. The van der Waals surface area contributed by atoms with Gasteiger partial charge in [0.1, 0.15) is 5.75 Å². The Morgan fingerprint density at radius 2 is 2.00 bits per heavy atom. The van der Waals surface area contributed by atoms with Gasteiger partial charge in [-0.2, -0.15) is 0 Å². The summed E-state index contributed by atoms with van der Waals surface area (Å²) in [7, 11) is 1.76. The van der Waals surface area contributed by atoms with Crippen molar-refractivity contribution in [2.45, 2.75) is 45.1 Å². The van der Waals surface area contributed by atoms with Gasteiger partial charge in [-0.15, -0.1) is 0 Å². The smallest absolute Gasteiger partial charge is 0.125 e. The number of nitrogens with two attached hydrogens (primary N) is 1. The third-order valence-corrected chi connectivity index (χ3v) is 3.88. The van der Waals surface area contributed by atoms with Gasteiger partial charge in [-0.1, -0.05) is 18.6 Å². The molecule has 1 aliphatic carbocycles. The average Bonchev–Trinajstić information content (AvgIpc) is 2.68. The summed E-state index contributed by atoms with van der Waals surface area (Å²) < 4.78 is 5.56. The van der Waals surface area contributed by atoms with Crippen LogP contribution in [0.2, 0.25) is 0 Å². The van der Waals surface area contributed by atoms with Crippen LogP contribution in [0.5, 0.6) is 5.75 Å². The summed E-state index contributed by atoms with van der Waals surface area (Å²) in [5, 5.41) is 0.